The molecular weight excluding hydrogens is 322 g/mol. The highest BCUT2D eigenvalue weighted by Gasteiger charge is 2.34. The van der Waals surface area contributed by atoms with E-state index in [9.17, 15) is 9.59 Å². The van der Waals surface area contributed by atoms with Crippen LogP contribution in [-0.4, -0.2) is 28.4 Å². The molecular formula is C15H16BrNO3. The Bertz CT molecular complexity index is 526. The SMILES string of the molecule is C=CC1CC(=O)N(C(CC(=O)O)c2ccc(Br)cc2)C1. The van der Waals surface area contributed by atoms with Crippen LogP contribution in [0.4, 0.5) is 0 Å². The highest BCUT2D eigenvalue weighted by molar-refractivity contribution is 9.10. The third kappa shape index (κ3) is 3.28. The van der Waals surface area contributed by atoms with Crippen LogP contribution in [0.25, 0.3) is 0 Å². The number of likely N-dealkylation sites (tertiary alicyclic amines) is 1. The van der Waals surface area contributed by atoms with E-state index in [4.69, 9.17) is 5.11 Å². The van der Waals surface area contributed by atoms with Crippen LogP contribution in [0, 0.1) is 5.92 Å². The first-order valence-electron chi connectivity index (χ1n) is 6.40. The van der Waals surface area contributed by atoms with Crippen molar-refractivity contribution >= 4 is 27.8 Å². The van der Waals surface area contributed by atoms with Crippen molar-refractivity contribution < 1.29 is 14.7 Å². The molecule has 1 amide bonds. The highest BCUT2D eigenvalue weighted by Crippen LogP contribution is 2.32. The Labute approximate surface area is 126 Å². The number of benzene rings is 1. The molecule has 5 heteroatoms. The van der Waals surface area contributed by atoms with Gasteiger partial charge in [-0.1, -0.05) is 34.1 Å². The van der Waals surface area contributed by atoms with Crippen molar-refractivity contribution in [2.24, 2.45) is 5.92 Å². The van der Waals surface area contributed by atoms with Crippen LogP contribution in [0.15, 0.2) is 41.4 Å². The minimum Gasteiger partial charge on any atom is -0.481 e. The normalized spacial score (nSPS) is 19.9. The van der Waals surface area contributed by atoms with Crippen molar-refractivity contribution in [2.45, 2.75) is 18.9 Å². The van der Waals surface area contributed by atoms with E-state index in [-0.39, 0.29) is 18.2 Å². The number of hydrogen-bond acceptors (Lipinski definition) is 2. The van der Waals surface area contributed by atoms with Gasteiger partial charge < -0.3 is 10.0 Å². The lowest BCUT2D eigenvalue weighted by Gasteiger charge is -2.27. The Morgan fingerprint density at radius 2 is 2.15 bits per heavy atom. The summed E-state index contributed by atoms with van der Waals surface area (Å²) in [4.78, 5) is 24.8. The van der Waals surface area contributed by atoms with Gasteiger partial charge in [0.1, 0.15) is 0 Å². The molecule has 1 heterocycles. The van der Waals surface area contributed by atoms with Gasteiger partial charge in [-0.3, -0.25) is 9.59 Å². The molecule has 1 aliphatic heterocycles. The highest BCUT2D eigenvalue weighted by atomic mass is 79.9. The number of carboxylic acids is 1. The fourth-order valence-corrected chi connectivity index (χ4v) is 2.74. The van der Waals surface area contributed by atoms with Crippen molar-refractivity contribution in [3.05, 3.63) is 47.0 Å². The first-order chi connectivity index (χ1) is 9.51. The van der Waals surface area contributed by atoms with Crippen LogP contribution < -0.4 is 0 Å². The zero-order valence-electron chi connectivity index (χ0n) is 11.0. The summed E-state index contributed by atoms with van der Waals surface area (Å²) in [6.07, 6.45) is 2.09. The lowest BCUT2D eigenvalue weighted by atomic mass is 10.0. The van der Waals surface area contributed by atoms with Crippen LogP contribution in [0.3, 0.4) is 0 Å². The van der Waals surface area contributed by atoms with Crippen molar-refractivity contribution in [1.82, 2.24) is 4.90 Å². The Morgan fingerprint density at radius 3 is 2.65 bits per heavy atom. The quantitative estimate of drug-likeness (QED) is 0.840. The number of rotatable bonds is 5. The molecule has 2 atom stereocenters. The van der Waals surface area contributed by atoms with E-state index in [1.807, 2.05) is 24.3 Å². The lowest BCUT2D eigenvalue weighted by molar-refractivity contribution is -0.139. The molecule has 4 nitrogen and oxygen atoms in total. The minimum atomic E-state index is -0.909. The van der Waals surface area contributed by atoms with Crippen molar-refractivity contribution in [2.75, 3.05) is 6.54 Å². The number of carboxylic acid groups (broad SMARTS) is 1. The van der Waals surface area contributed by atoms with Gasteiger partial charge in [-0.05, 0) is 17.7 Å². The molecule has 0 radical (unpaired) electrons. The molecule has 0 aromatic heterocycles. The molecule has 1 aromatic rings. The Kier molecular flexibility index (Phi) is 4.60. The Hall–Kier alpha value is -1.62. The predicted octanol–water partition coefficient (Wildman–Crippen LogP) is 3.00. The van der Waals surface area contributed by atoms with Crippen LogP contribution in [-0.2, 0) is 9.59 Å². The molecule has 2 rings (SSSR count). The van der Waals surface area contributed by atoms with Crippen molar-refractivity contribution in [3.8, 4) is 0 Å². The standard InChI is InChI=1S/C15H16BrNO3/c1-2-10-7-14(18)17(9-10)13(8-15(19)20)11-3-5-12(16)6-4-11/h2-6,10,13H,1,7-9H2,(H,19,20). The molecule has 1 aromatic carbocycles. The van der Waals surface area contributed by atoms with Gasteiger partial charge in [0.05, 0.1) is 12.5 Å². The molecule has 1 saturated heterocycles. The minimum absolute atomic E-state index is 0.0101. The van der Waals surface area contributed by atoms with E-state index in [1.54, 1.807) is 11.0 Å². The molecule has 0 spiro atoms. The first-order valence-corrected chi connectivity index (χ1v) is 7.20. The number of carbonyl (C=O) groups is 2. The number of hydrogen-bond donors (Lipinski definition) is 1. The van der Waals surface area contributed by atoms with Gasteiger partial charge in [0.15, 0.2) is 0 Å². The van der Waals surface area contributed by atoms with E-state index in [1.165, 1.54) is 0 Å². The zero-order valence-corrected chi connectivity index (χ0v) is 12.5. The Balaban J connectivity index is 2.28. The molecule has 0 aliphatic carbocycles. The zero-order chi connectivity index (χ0) is 14.7. The summed E-state index contributed by atoms with van der Waals surface area (Å²) in [5.41, 5.74) is 0.841. The first kappa shape index (κ1) is 14.8. The van der Waals surface area contributed by atoms with Gasteiger partial charge >= 0.3 is 5.97 Å². The molecule has 106 valence electrons. The lowest BCUT2D eigenvalue weighted by Crippen LogP contribution is -2.31. The van der Waals surface area contributed by atoms with Crippen molar-refractivity contribution in [3.63, 3.8) is 0 Å². The van der Waals surface area contributed by atoms with Crippen LogP contribution in [0.5, 0.6) is 0 Å². The maximum atomic E-state index is 12.1. The average molecular weight is 338 g/mol. The maximum Gasteiger partial charge on any atom is 0.305 e. The number of carbonyl (C=O) groups excluding carboxylic acids is 1. The van der Waals surface area contributed by atoms with E-state index in [0.717, 1.165) is 10.0 Å². The fraction of sp³-hybridized carbons (Fsp3) is 0.333. The van der Waals surface area contributed by atoms with Gasteiger partial charge in [-0.15, -0.1) is 6.58 Å². The van der Waals surface area contributed by atoms with E-state index >= 15 is 0 Å². The molecule has 2 unspecified atom stereocenters. The summed E-state index contributed by atoms with van der Waals surface area (Å²) >= 11 is 3.35. The fourth-order valence-electron chi connectivity index (χ4n) is 2.48. The summed E-state index contributed by atoms with van der Waals surface area (Å²) in [7, 11) is 0. The van der Waals surface area contributed by atoms with Crippen LogP contribution in [0.1, 0.15) is 24.4 Å². The predicted molar refractivity (Wildman–Crippen MR) is 79.2 cm³/mol. The summed E-state index contributed by atoms with van der Waals surface area (Å²) in [6, 6.07) is 7.00. The summed E-state index contributed by atoms with van der Waals surface area (Å²) < 4.78 is 0.923. The molecule has 20 heavy (non-hydrogen) atoms. The largest absolute Gasteiger partial charge is 0.481 e. The molecule has 1 N–H and O–H groups in total. The number of halogens is 1. The molecule has 0 bridgehead atoms. The number of nitrogens with zero attached hydrogens (tertiary/aromatic N) is 1. The Morgan fingerprint density at radius 1 is 1.50 bits per heavy atom. The summed E-state index contributed by atoms with van der Waals surface area (Å²) in [5.74, 6) is -0.814. The number of aliphatic carboxylic acids is 1. The van der Waals surface area contributed by atoms with Crippen LogP contribution in [0.2, 0.25) is 0 Å². The second-order valence-electron chi connectivity index (χ2n) is 4.91. The van der Waals surface area contributed by atoms with E-state index in [2.05, 4.69) is 22.5 Å². The van der Waals surface area contributed by atoms with E-state index < -0.39 is 12.0 Å². The second-order valence-corrected chi connectivity index (χ2v) is 5.83. The van der Waals surface area contributed by atoms with Gasteiger partial charge in [-0.25, -0.2) is 0 Å². The van der Waals surface area contributed by atoms with E-state index in [0.29, 0.717) is 13.0 Å². The summed E-state index contributed by atoms with van der Waals surface area (Å²) in [5, 5.41) is 9.10. The van der Waals surface area contributed by atoms with Gasteiger partial charge in [-0.2, -0.15) is 0 Å². The average Bonchev–Trinajstić information content (AvgIpc) is 2.78. The van der Waals surface area contributed by atoms with Gasteiger partial charge in [0.25, 0.3) is 0 Å². The number of amides is 1. The smallest absolute Gasteiger partial charge is 0.305 e. The molecule has 1 fully saturated rings. The topological polar surface area (TPSA) is 57.6 Å². The molecule has 1 aliphatic rings. The monoisotopic (exact) mass is 337 g/mol. The second kappa shape index (κ2) is 6.22. The van der Waals surface area contributed by atoms with Crippen molar-refractivity contribution in [1.29, 1.82) is 0 Å². The molecule has 0 saturated carbocycles. The van der Waals surface area contributed by atoms with Gasteiger partial charge in [0, 0.05) is 23.4 Å². The third-order valence-corrected chi connectivity index (χ3v) is 4.05. The van der Waals surface area contributed by atoms with Gasteiger partial charge in [0.2, 0.25) is 5.91 Å². The van der Waals surface area contributed by atoms with Crippen LogP contribution >= 0.6 is 15.9 Å². The third-order valence-electron chi connectivity index (χ3n) is 3.52. The summed E-state index contributed by atoms with van der Waals surface area (Å²) in [6.45, 7) is 4.25. The maximum absolute atomic E-state index is 12.1.